The fourth-order valence-corrected chi connectivity index (χ4v) is 4.50. The van der Waals surface area contributed by atoms with Gasteiger partial charge in [0.1, 0.15) is 4.88 Å². The van der Waals surface area contributed by atoms with Crippen molar-refractivity contribution >= 4 is 45.2 Å². The molecule has 2 aromatic heterocycles. The van der Waals surface area contributed by atoms with Crippen LogP contribution in [0.3, 0.4) is 0 Å². The molecule has 3 heterocycles. The maximum Gasteiger partial charge on any atom is 0.288 e. The smallest absolute Gasteiger partial charge is 0.288 e. The van der Waals surface area contributed by atoms with Gasteiger partial charge in [-0.3, -0.25) is 4.90 Å². The molecule has 3 aromatic rings. The number of aliphatic hydroxyl groups is 1. The van der Waals surface area contributed by atoms with E-state index in [9.17, 15) is 5.11 Å². The van der Waals surface area contributed by atoms with Crippen molar-refractivity contribution in [1.29, 1.82) is 0 Å². The molecule has 4 rings (SSSR count). The molecule has 5 nitrogen and oxygen atoms in total. The Kier molecular flexibility index (Phi) is 4.44. The van der Waals surface area contributed by atoms with Crippen molar-refractivity contribution in [2.45, 2.75) is 25.6 Å². The van der Waals surface area contributed by atoms with Gasteiger partial charge in [0.15, 0.2) is 0 Å². The molecule has 1 fully saturated rings. The van der Waals surface area contributed by atoms with E-state index in [4.69, 9.17) is 28.2 Å². The molecule has 0 radical (unpaired) electrons. The standard InChI is InChI=1S/C16H16ClN3O2S2/c17-13-11-3-1-2-4-12(11)24-14(13)15-18-20(16(23)22-15)9-19-7-5-10(21)6-8-19/h1-4,10,21H,5-9H2. The van der Waals surface area contributed by atoms with E-state index < -0.39 is 0 Å². The van der Waals surface area contributed by atoms with Gasteiger partial charge in [0.05, 0.1) is 17.8 Å². The van der Waals surface area contributed by atoms with Gasteiger partial charge in [-0.15, -0.1) is 16.4 Å². The Balaban J connectivity index is 1.63. The first-order chi connectivity index (χ1) is 11.6. The lowest BCUT2D eigenvalue weighted by Crippen LogP contribution is -2.37. The van der Waals surface area contributed by atoms with Gasteiger partial charge in [0.25, 0.3) is 10.7 Å². The van der Waals surface area contributed by atoms with E-state index in [0.717, 1.165) is 40.9 Å². The molecule has 1 aromatic carbocycles. The van der Waals surface area contributed by atoms with E-state index in [2.05, 4.69) is 10.00 Å². The Hall–Kier alpha value is -1.25. The summed E-state index contributed by atoms with van der Waals surface area (Å²) < 4.78 is 8.47. The van der Waals surface area contributed by atoms with Crippen LogP contribution in [0.5, 0.6) is 0 Å². The summed E-state index contributed by atoms with van der Waals surface area (Å²) in [7, 11) is 0. The molecule has 0 unspecified atom stereocenters. The van der Waals surface area contributed by atoms with Crippen LogP contribution in [0, 0.1) is 4.84 Å². The Labute approximate surface area is 153 Å². The molecule has 0 spiro atoms. The number of likely N-dealkylation sites (tertiary alicyclic amines) is 1. The topological polar surface area (TPSA) is 54.4 Å². The highest BCUT2D eigenvalue weighted by atomic mass is 35.5. The number of halogens is 1. The number of rotatable bonds is 3. The monoisotopic (exact) mass is 381 g/mol. The third kappa shape index (κ3) is 3.02. The van der Waals surface area contributed by atoms with Gasteiger partial charge in [0, 0.05) is 23.2 Å². The van der Waals surface area contributed by atoms with Crippen molar-refractivity contribution in [1.82, 2.24) is 14.7 Å². The zero-order valence-electron chi connectivity index (χ0n) is 12.8. The zero-order chi connectivity index (χ0) is 16.7. The number of hydrogen-bond donors (Lipinski definition) is 1. The van der Waals surface area contributed by atoms with Crippen LogP contribution in [0.4, 0.5) is 0 Å². The number of benzene rings is 1. The fourth-order valence-electron chi connectivity index (χ4n) is 2.89. The van der Waals surface area contributed by atoms with Crippen LogP contribution in [0.2, 0.25) is 5.02 Å². The first kappa shape index (κ1) is 16.2. The zero-order valence-corrected chi connectivity index (χ0v) is 15.2. The molecule has 126 valence electrons. The van der Waals surface area contributed by atoms with Crippen LogP contribution in [0.25, 0.3) is 20.9 Å². The molecule has 0 saturated carbocycles. The Morgan fingerprint density at radius 1 is 1.33 bits per heavy atom. The molecule has 8 heteroatoms. The number of thiophene rings is 1. The van der Waals surface area contributed by atoms with Crippen LogP contribution in [0.15, 0.2) is 28.7 Å². The molecule has 1 aliphatic rings. The van der Waals surface area contributed by atoms with Gasteiger partial charge in [-0.05, 0) is 31.1 Å². The molecular formula is C16H16ClN3O2S2. The van der Waals surface area contributed by atoms with Crippen LogP contribution < -0.4 is 0 Å². The summed E-state index contributed by atoms with van der Waals surface area (Å²) in [5.74, 6) is 0.461. The Morgan fingerprint density at radius 2 is 2.08 bits per heavy atom. The van der Waals surface area contributed by atoms with Gasteiger partial charge in [-0.2, -0.15) is 0 Å². The van der Waals surface area contributed by atoms with E-state index in [1.54, 1.807) is 16.0 Å². The van der Waals surface area contributed by atoms with E-state index in [-0.39, 0.29) is 6.10 Å². The molecule has 24 heavy (non-hydrogen) atoms. The number of aliphatic hydroxyl groups excluding tert-OH is 1. The van der Waals surface area contributed by atoms with Crippen LogP contribution in [-0.2, 0) is 6.67 Å². The van der Waals surface area contributed by atoms with Crippen molar-refractivity contribution in [2.75, 3.05) is 13.1 Å². The summed E-state index contributed by atoms with van der Waals surface area (Å²) >= 11 is 13.3. The first-order valence-corrected chi connectivity index (χ1v) is 9.38. The van der Waals surface area contributed by atoms with Crippen molar-refractivity contribution in [2.24, 2.45) is 0 Å². The highest BCUT2D eigenvalue weighted by molar-refractivity contribution is 7.71. The fraction of sp³-hybridized carbons (Fsp3) is 0.375. The van der Waals surface area contributed by atoms with Crippen molar-refractivity contribution in [3.63, 3.8) is 0 Å². The number of nitrogens with zero attached hydrogens (tertiary/aromatic N) is 3. The summed E-state index contributed by atoms with van der Waals surface area (Å²) in [6.45, 7) is 2.22. The molecule has 0 bridgehead atoms. The maximum absolute atomic E-state index is 9.60. The third-order valence-corrected chi connectivity index (χ3v) is 6.18. The highest BCUT2D eigenvalue weighted by Crippen LogP contribution is 2.41. The molecule has 1 N–H and O–H groups in total. The Bertz CT molecular complexity index is 925. The van der Waals surface area contributed by atoms with Gasteiger partial charge in [-0.1, -0.05) is 29.8 Å². The van der Waals surface area contributed by atoms with E-state index >= 15 is 0 Å². The van der Waals surface area contributed by atoms with E-state index in [1.807, 2.05) is 24.3 Å². The number of aromatic nitrogens is 2. The average Bonchev–Trinajstić information content (AvgIpc) is 3.11. The second-order valence-electron chi connectivity index (χ2n) is 5.90. The highest BCUT2D eigenvalue weighted by Gasteiger charge is 2.20. The molecule has 0 atom stereocenters. The molecule has 0 aliphatic carbocycles. The maximum atomic E-state index is 9.60. The summed E-state index contributed by atoms with van der Waals surface area (Å²) in [6, 6.07) is 7.96. The lowest BCUT2D eigenvalue weighted by molar-refractivity contribution is 0.0647. The second-order valence-corrected chi connectivity index (χ2v) is 7.68. The second kappa shape index (κ2) is 6.57. The van der Waals surface area contributed by atoms with E-state index in [0.29, 0.717) is 22.4 Å². The minimum absolute atomic E-state index is 0.195. The quantitative estimate of drug-likeness (QED) is 0.690. The molecule has 1 aliphatic heterocycles. The van der Waals surface area contributed by atoms with Crippen LogP contribution in [-0.4, -0.2) is 39.0 Å². The van der Waals surface area contributed by atoms with Crippen LogP contribution in [0.1, 0.15) is 12.8 Å². The molecule has 0 amide bonds. The Morgan fingerprint density at radius 3 is 2.83 bits per heavy atom. The summed E-state index contributed by atoms with van der Waals surface area (Å²) in [5, 5.41) is 15.8. The number of hydrogen-bond acceptors (Lipinski definition) is 6. The molecule has 1 saturated heterocycles. The third-order valence-electron chi connectivity index (χ3n) is 4.23. The van der Waals surface area contributed by atoms with Crippen molar-refractivity contribution in [3.05, 3.63) is 34.1 Å². The van der Waals surface area contributed by atoms with Crippen molar-refractivity contribution < 1.29 is 9.52 Å². The predicted molar refractivity (Wildman–Crippen MR) is 98.0 cm³/mol. The first-order valence-electron chi connectivity index (χ1n) is 7.77. The van der Waals surface area contributed by atoms with Gasteiger partial charge in [-0.25, -0.2) is 4.68 Å². The summed E-state index contributed by atoms with van der Waals surface area (Å²) in [4.78, 5) is 3.35. The van der Waals surface area contributed by atoms with Crippen molar-refractivity contribution in [3.8, 4) is 10.8 Å². The normalized spacial score (nSPS) is 16.9. The SMILES string of the molecule is OC1CCN(Cn2nc(-c3sc4ccccc4c3Cl)oc2=S)CC1. The van der Waals surface area contributed by atoms with E-state index in [1.165, 1.54) is 0 Å². The summed E-state index contributed by atoms with van der Waals surface area (Å²) in [5.41, 5.74) is 0. The largest absolute Gasteiger partial charge is 0.408 e. The van der Waals surface area contributed by atoms with Gasteiger partial charge in [0.2, 0.25) is 0 Å². The molecular weight excluding hydrogens is 366 g/mol. The number of piperidine rings is 1. The lowest BCUT2D eigenvalue weighted by atomic mass is 10.1. The average molecular weight is 382 g/mol. The lowest BCUT2D eigenvalue weighted by Gasteiger charge is -2.28. The van der Waals surface area contributed by atoms with Crippen LogP contribution >= 0.6 is 35.2 Å². The predicted octanol–water partition coefficient (Wildman–Crippen LogP) is 4.15. The minimum atomic E-state index is -0.195. The number of fused-ring (bicyclic) bond motifs is 1. The van der Waals surface area contributed by atoms with Gasteiger partial charge >= 0.3 is 0 Å². The summed E-state index contributed by atoms with van der Waals surface area (Å²) in [6.07, 6.45) is 1.36. The van der Waals surface area contributed by atoms with Gasteiger partial charge < -0.3 is 9.52 Å². The minimum Gasteiger partial charge on any atom is -0.408 e.